The molecule has 0 aromatic carbocycles. The van der Waals surface area contributed by atoms with E-state index in [9.17, 15) is 4.39 Å². The highest BCUT2D eigenvalue weighted by Gasteiger charge is 1.71. The maximum absolute atomic E-state index is 11.8. The summed E-state index contributed by atoms with van der Waals surface area (Å²) in [5, 5.41) is 0. The van der Waals surface area contributed by atoms with Gasteiger partial charge in [0, 0.05) is 0 Å². The van der Waals surface area contributed by atoms with Crippen LogP contribution in [0.5, 0.6) is 0 Å². The maximum atomic E-state index is 11.8. The van der Waals surface area contributed by atoms with E-state index in [1.54, 1.807) is 18.2 Å². The van der Waals surface area contributed by atoms with Crippen molar-refractivity contribution in [3.05, 3.63) is 36.7 Å². The van der Waals surface area contributed by atoms with Crippen molar-refractivity contribution in [3.63, 3.8) is 0 Å². The molecule has 0 aliphatic carbocycles. The van der Waals surface area contributed by atoms with Crippen molar-refractivity contribution in [2.75, 3.05) is 0 Å². The Morgan fingerprint density at radius 2 is 2.12 bits per heavy atom. The molecule has 0 aliphatic rings. The zero-order valence-electron chi connectivity index (χ0n) is 4.89. The Hall–Kier alpha value is -0.850. The van der Waals surface area contributed by atoms with Crippen LogP contribution in [0.25, 0.3) is 0 Å². The van der Waals surface area contributed by atoms with Crippen LogP contribution in [0.3, 0.4) is 0 Å². The molecule has 0 nitrogen and oxygen atoms in total. The number of hydrogen-bond acceptors (Lipinski definition) is 0. The van der Waals surface area contributed by atoms with Gasteiger partial charge >= 0.3 is 0 Å². The standard InChI is InChI=1S/C7H9F/c1-3-4-5-6-7(2)8/h3-6H,1H2,2H3/b5-4+,7-6+. The second-order valence-corrected chi connectivity index (χ2v) is 1.37. The van der Waals surface area contributed by atoms with E-state index in [-0.39, 0.29) is 5.83 Å². The molecule has 0 N–H and O–H groups in total. The molecule has 0 aliphatic heterocycles. The average molecular weight is 112 g/mol. The minimum Gasteiger partial charge on any atom is -0.212 e. The Bertz CT molecular complexity index is 116. The van der Waals surface area contributed by atoms with E-state index in [0.29, 0.717) is 0 Å². The predicted octanol–water partition coefficient (Wildman–Crippen LogP) is 2.60. The molecule has 0 aromatic rings. The fraction of sp³-hybridized carbons (Fsp3) is 0.143. The Balaban J connectivity index is 3.57. The minimum atomic E-state index is -0.192. The van der Waals surface area contributed by atoms with E-state index < -0.39 is 0 Å². The van der Waals surface area contributed by atoms with E-state index >= 15 is 0 Å². The van der Waals surface area contributed by atoms with Crippen LogP contribution in [0.4, 0.5) is 4.39 Å². The molecule has 0 aromatic heterocycles. The van der Waals surface area contributed by atoms with E-state index in [1.165, 1.54) is 13.0 Å². The van der Waals surface area contributed by atoms with Crippen molar-refractivity contribution >= 4 is 0 Å². The molecule has 0 fully saturated rings. The van der Waals surface area contributed by atoms with Crippen molar-refractivity contribution < 1.29 is 4.39 Å². The zero-order chi connectivity index (χ0) is 6.41. The van der Waals surface area contributed by atoms with Crippen LogP contribution in [0, 0.1) is 0 Å². The van der Waals surface area contributed by atoms with Gasteiger partial charge in [0.15, 0.2) is 0 Å². The highest BCUT2D eigenvalue weighted by molar-refractivity contribution is 5.10. The normalized spacial score (nSPS) is 12.5. The summed E-state index contributed by atoms with van der Waals surface area (Å²) in [5.74, 6) is -0.192. The van der Waals surface area contributed by atoms with Gasteiger partial charge in [0.2, 0.25) is 0 Å². The molecule has 0 heterocycles. The van der Waals surface area contributed by atoms with E-state index in [4.69, 9.17) is 0 Å². The molecule has 0 bridgehead atoms. The van der Waals surface area contributed by atoms with Crippen molar-refractivity contribution in [2.24, 2.45) is 0 Å². The Morgan fingerprint density at radius 3 is 2.50 bits per heavy atom. The van der Waals surface area contributed by atoms with Crippen molar-refractivity contribution in [1.29, 1.82) is 0 Å². The summed E-state index contributed by atoms with van der Waals surface area (Å²) in [6.07, 6.45) is 6.24. The van der Waals surface area contributed by atoms with Gasteiger partial charge in [0.1, 0.15) is 0 Å². The summed E-state index contributed by atoms with van der Waals surface area (Å²) in [5.41, 5.74) is 0. The third-order valence-electron chi connectivity index (χ3n) is 0.573. The summed E-state index contributed by atoms with van der Waals surface area (Å²) < 4.78 is 11.8. The first-order valence-electron chi connectivity index (χ1n) is 2.39. The Morgan fingerprint density at radius 1 is 1.50 bits per heavy atom. The Kier molecular flexibility index (Phi) is 3.85. The lowest BCUT2D eigenvalue weighted by molar-refractivity contribution is 0.640. The van der Waals surface area contributed by atoms with Gasteiger partial charge in [-0.1, -0.05) is 24.8 Å². The molecule has 0 saturated heterocycles. The molecule has 44 valence electrons. The summed E-state index contributed by atoms with van der Waals surface area (Å²) in [4.78, 5) is 0. The van der Waals surface area contributed by atoms with Gasteiger partial charge in [-0.3, -0.25) is 0 Å². The van der Waals surface area contributed by atoms with Crippen molar-refractivity contribution in [1.82, 2.24) is 0 Å². The van der Waals surface area contributed by atoms with Gasteiger partial charge in [-0.05, 0) is 13.0 Å². The predicted molar refractivity (Wildman–Crippen MR) is 34.2 cm³/mol. The van der Waals surface area contributed by atoms with Gasteiger partial charge < -0.3 is 0 Å². The van der Waals surface area contributed by atoms with E-state index in [0.717, 1.165) is 0 Å². The minimum absolute atomic E-state index is 0.192. The maximum Gasteiger partial charge on any atom is 0.0968 e. The molecule has 1 heteroatoms. The van der Waals surface area contributed by atoms with Gasteiger partial charge in [-0.15, -0.1) is 0 Å². The lowest BCUT2D eigenvalue weighted by atomic mass is 10.4. The second-order valence-electron chi connectivity index (χ2n) is 1.37. The van der Waals surface area contributed by atoms with Gasteiger partial charge in [0.05, 0.1) is 5.83 Å². The van der Waals surface area contributed by atoms with Crippen molar-refractivity contribution in [2.45, 2.75) is 6.92 Å². The molecular formula is C7H9F. The van der Waals surface area contributed by atoms with Crippen LogP contribution in [-0.4, -0.2) is 0 Å². The number of hydrogen-bond donors (Lipinski definition) is 0. The smallest absolute Gasteiger partial charge is 0.0968 e. The first kappa shape index (κ1) is 7.15. The van der Waals surface area contributed by atoms with E-state index in [2.05, 4.69) is 6.58 Å². The summed E-state index contributed by atoms with van der Waals surface area (Å²) in [6.45, 7) is 4.82. The first-order valence-corrected chi connectivity index (χ1v) is 2.39. The highest BCUT2D eigenvalue weighted by atomic mass is 19.1. The molecule has 0 atom stereocenters. The molecule has 8 heavy (non-hydrogen) atoms. The monoisotopic (exact) mass is 112 g/mol. The van der Waals surface area contributed by atoms with Crippen LogP contribution >= 0.6 is 0 Å². The van der Waals surface area contributed by atoms with Gasteiger partial charge in [-0.2, -0.15) is 0 Å². The number of rotatable bonds is 2. The quantitative estimate of drug-likeness (QED) is 0.481. The van der Waals surface area contributed by atoms with Gasteiger partial charge in [0.25, 0.3) is 0 Å². The molecular weight excluding hydrogens is 103 g/mol. The molecule has 0 saturated carbocycles. The first-order chi connectivity index (χ1) is 3.77. The second kappa shape index (κ2) is 4.31. The van der Waals surface area contributed by atoms with Crippen LogP contribution in [0.2, 0.25) is 0 Å². The van der Waals surface area contributed by atoms with Gasteiger partial charge in [-0.25, -0.2) is 4.39 Å². The van der Waals surface area contributed by atoms with Crippen LogP contribution in [0.1, 0.15) is 6.92 Å². The summed E-state index contributed by atoms with van der Waals surface area (Å²) >= 11 is 0. The van der Waals surface area contributed by atoms with Crippen molar-refractivity contribution in [3.8, 4) is 0 Å². The number of halogens is 1. The SMILES string of the molecule is C=C/C=C/C=C(\C)F. The molecule has 0 spiro atoms. The van der Waals surface area contributed by atoms with Crippen LogP contribution in [0.15, 0.2) is 36.7 Å². The summed E-state index contributed by atoms with van der Waals surface area (Å²) in [6, 6.07) is 0. The third kappa shape index (κ3) is 5.15. The van der Waals surface area contributed by atoms with Crippen LogP contribution < -0.4 is 0 Å². The number of allylic oxidation sites excluding steroid dienone is 5. The third-order valence-corrected chi connectivity index (χ3v) is 0.573. The lowest BCUT2D eigenvalue weighted by Crippen LogP contribution is -1.54. The molecule has 0 radical (unpaired) electrons. The molecule has 0 unspecified atom stereocenters. The topological polar surface area (TPSA) is 0 Å². The largest absolute Gasteiger partial charge is 0.212 e. The molecule has 0 amide bonds. The van der Waals surface area contributed by atoms with E-state index in [1.807, 2.05) is 0 Å². The Labute approximate surface area is 49.0 Å². The fourth-order valence-electron chi connectivity index (χ4n) is 0.267. The summed E-state index contributed by atoms with van der Waals surface area (Å²) in [7, 11) is 0. The fourth-order valence-corrected chi connectivity index (χ4v) is 0.267. The average Bonchev–Trinajstić information content (AvgIpc) is 1.66. The molecule has 0 rings (SSSR count). The zero-order valence-corrected chi connectivity index (χ0v) is 4.89. The highest BCUT2D eigenvalue weighted by Crippen LogP contribution is 1.91. The van der Waals surface area contributed by atoms with Crippen LogP contribution in [-0.2, 0) is 0 Å². The lowest BCUT2D eigenvalue weighted by Gasteiger charge is -1.74.